The van der Waals surface area contributed by atoms with Crippen molar-refractivity contribution in [2.75, 3.05) is 45.8 Å². The third kappa shape index (κ3) is 4.79. The number of carbonyl (C=O) groups excluding carboxylic acids is 1. The first-order valence-electron chi connectivity index (χ1n) is 7.00. The Labute approximate surface area is 130 Å². The number of hydrogen-bond donors (Lipinski definition) is 1. The van der Waals surface area contributed by atoms with E-state index in [1.165, 1.54) is 4.90 Å². The molecule has 1 heterocycles. The fraction of sp³-hybridized carbons (Fsp3) is 0.533. The van der Waals surface area contributed by atoms with Gasteiger partial charge in [-0.2, -0.15) is 0 Å². The zero-order chi connectivity index (χ0) is 15.2. The van der Waals surface area contributed by atoms with E-state index in [0.29, 0.717) is 23.3 Å². The number of rotatable bonds is 6. The first kappa shape index (κ1) is 15.9. The van der Waals surface area contributed by atoms with Crippen molar-refractivity contribution in [2.24, 2.45) is 5.92 Å². The van der Waals surface area contributed by atoms with Gasteiger partial charge in [0.15, 0.2) is 0 Å². The number of amides is 1. The molecule has 0 bridgehead atoms. The van der Waals surface area contributed by atoms with Crippen LogP contribution in [-0.4, -0.2) is 51.3 Å². The topological polar surface area (TPSA) is 50.8 Å². The average molecular weight is 313 g/mol. The van der Waals surface area contributed by atoms with Gasteiger partial charge < -0.3 is 19.7 Å². The van der Waals surface area contributed by atoms with Crippen molar-refractivity contribution < 1.29 is 14.3 Å². The maximum Gasteiger partial charge on any atom is 0.241 e. The number of likely N-dealkylation sites (N-methyl/N-ethyl adjacent to an activating group) is 1. The van der Waals surface area contributed by atoms with Crippen LogP contribution in [0.25, 0.3) is 0 Å². The van der Waals surface area contributed by atoms with E-state index in [9.17, 15) is 4.79 Å². The largest absolute Gasteiger partial charge is 0.491 e. The van der Waals surface area contributed by atoms with Gasteiger partial charge in [-0.3, -0.25) is 4.79 Å². The first-order valence-corrected chi connectivity index (χ1v) is 7.38. The van der Waals surface area contributed by atoms with Crippen molar-refractivity contribution in [3.63, 3.8) is 0 Å². The van der Waals surface area contributed by atoms with Crippen LogP contribution < -0.4 is 10.1 Å². The van der Waals surface area contributed by atoms with Crippen LogP contribution in [0.5, 0.6) is 5.75 Å². The van der Waals surface area contributed by atoms with Crippen molar-refractivity contribution in [3.8, 4) is 5.75 Å². The van der Waals surface area contributed by atoms with Crippen molar-refractivity contribution in [1.82, 2.24) is 4.90 Å². The standard InChI is InChI=1S/C15H21ClN2O3/c1-18(2)15(19)8-17-13-7-12(16)3-4-14(13)21-10-11-5-6-20-9-11/h3-4,7,11,17H,5-6,8-10H2,1-2H3/t11-/m0/s1. The van der Waals surface area contributed by atoms with Crippen LogP contribution in [0.3, 0.4) is 0 Å². The molecule has 1 fully saturated rings. The Hall–Kier alpha value is -1.46. The van der Waals surface area contributed by atoms with E-state index >= 15 is 0 Å². The van der Waals surface area contributed by atoms with Gasteiger partial charge in [0.05, 0.1) is 25.4 Å². The number of nitrogens with one attached hydrogen (secondary N) is 1. The summed E-state index contributed by atoms with van der Waals surface area (Å²) in [5, 5.41) is 3.68. The van der Waals surface area contributed by atoms with Crippen molar-refractivity contribution in [2.45, 2.75) is 6.42 Å². The Morgan fingerprint density at radius 1 is 1.52 bits per heavy atom. The number of hydrogen-bond acceptors (Lipinski definition) is 4. The van der Waals surface area contributed by atoms with Crippen molar-refractivity contribution >= 4 is 23.2 Å². The molecule has 0 saturated carbocycles. The molecule has 5 nitrogen and oxygen atoms in total. The molecule has 1 amide bonds. The summed E-state index contributed by atoms with van der Waals surface area (Å²) in [5.74, 6) is 1.12. The molecule has 116 valence electrons. The summed E-state index contributed by atoms with van der Waals surface area (Å²) in [5.41, 5.74) is 0.733. The Bertz CT molecular complexity index is 488. The van der Waals surface area contributed by atoms with Gasteiger partial charge >= 0.3 is 0 Å². The zero-order valence-electron chi connectivity index (χ0n) is 12.4. The normalized spacial score (nSPS) is 17.6. The van der Waals surface area contributed by atoms with Crippen molar-refractivity contribution in [3.05, 3.63) is 23.2 Å². The monoisotopic (exact) mass is 312 g/mol. The lowest BCUT2D eigenvalue weighted by Gasteiger charge is -2.16. The molecule has 1 N–H and O–H groups in total. The van der Waals surface area contributed by atoms with Crippen LogP contribution in [0.15, 0.2) is 18.2 Å². The van der Waals surface area contributed by atoms with Gasteiger partial charge in [-0.15, -0.1) is 0 Å². The van der Waals surface area contributed by atoms with Crippen LogP contribution in [0.1, 0.15) is 6.42 Å². The minimum Gasteiger partial charge on any atom is -0.491 e. The third-order valence-electron chi connectivity index (χ3n) is 3.37. The number of anilines is 1. The molecule has 0 spiro atoms. The fourth-order valence-electron chi connectivity index (χ4n) is 2.02. The van der Waals surface area contributed by atoms with E-state index in [2.05, 4.69) is 5.32 Å². The molecule has 0 aliphatic carbocycles. The van der Waals surface area contributed by atoms with Gasteiger partial charge in [-0.25, -0.2) is 0 Å². The number of nitrogens with zero attached hydrogens (tertiary/aromatic N) is 1. The number of benzene rings is 1. The Morgan fingerprint density at radius 2 is 2.33 bits per heavy atom. The van der Waals surface area contributed by atoms with E-state index in [0.717, 1.165) is 25.3 Å². The predicted molar refractivity (Wildman–Crippen MR) is 83.1 cm³/mol. The zero-order valence-corrected chi connectivity index (χ0v) is 13.2. The molecule has 0 unspecified atom stereocenters. The van der Waals surface area contributed by atoms with Gasteiger partial charge in [-0.05, 0) is 24.6 Å². The highest BCUT2D eigenvalue weighted by Crippen LogP contribution is 2.29. The minimum atomic E-state index is -0.00915. The second-order valence-corrected chi connectivity index (χ2v) is 5.76. The highest BCUT2D eigenvalue weighted by Gasteiger charge is 2.17. The molecule has 1 aromatic rings. The Balaban J connectivity index is 1.97. The van der Waals surface area contributed by atoms with Crippen molar-refractivity contribution in [1.29, 1.82) is 0 Å². The summed E-state index contributed by atoms with van der Waals surface area (Å²) in [6.45, 7) is 2.36. The Morgan fingerprint density at radius 3 is 3.00 bits per heavy atom. The van der Waals surface area contributed by atoms with Crippen LogP contribution in [-0.2, 0) is 9.53 Å². The summed E-state index contributed by atoms with van der Waals surface area (Å²) >= 11 is 6.01. The van der Waals surface area contributed by atoms with E-state index in [-0.39, 0.29) is 12.5 Å². The summed E-state index contributed by atoms with van der Waals surface area (Å²) in [6, 6.07) is 5.37. The molecule has 1 atom stereocenters. The Kier molecular flexibility index (Phi) is 5.70. The lowest BCUT2D eigenvalue weighted by Crippen LogP contribution is -2.28. The molecule has 21 heavy (non-hydrogen) atoms. The molecule has 1 aromatic carbocycles. The smallest absolute Gasteiger partial charge is 0.241 e. The van der Waals surface area contributed by atoms with E-state index < -0.39 is 0 Å². The fourth-order valence-corrected chi connectivity index (χ4v) is 2.19. The van der Waals surface area contributed by atoms with Gasteiger partial charge in [-0.1, -0.05) is 11.6 Å². The lowest BCUT2D eigenvalue weighted by atomic mass is 10.1. The van der Waals surface area contributed by atoms with E-state index in [1.54, 1.807) is 26.2 Å². The summed E-state index contributed by atoms with van der Waals surface area (Å²) < 4.78 is 11.2. The number of ether oxygens (including phenoxy) is 2. The molecular formula is C15H21ClN2O3. The third-order valence-corrected chi connectivity index (χ3v) is 3.60. The van der Waals surface area contributed by atoms with Gasteiger partial charge in [0.1, 0.15) is 5.75 Å². The molecule has 6 heteroatoms. The summed E-state index contributed by atoms with van der Waals surface area (Å²) in [7, 11) is 3.44. The molecule has 1 aliphatic rings. The van der Waals surface area contributed by atoms with Crippen LogP contribution in [0, 0.1) is 5.92 Å². The molecule has 0 aromatic heterocycles. The van der Waals surface area contributed by atoms with Gasteiger partial charge in [0, 0.05) is 31.6 Å². The second kappa shape index (κ2) is 7.52. The highest BCUT2D eigenvalue weighted by molar-refractivity contribution is 6.30. The molecule has 1 saturated heterocycles. The number of halogens is 1. The molecule has 2 rings (SSSR count). The number of carbonyl (C=O) groups is 1. The molecule has 0 radical (unpaired) electrons. The predicted octanol–water partition coefficient (Wildman–Crippen LogP) is 2.26. The highest BCUT2D eigenvalue weighted by atomic mass is 35.5. The van der Waals surface area contributed by atoms with Crippen LogP contribution in [0.4, 0.5) is 5.69 Å². The van der Waals surface area contributed by atoms with Gasteiger partial charge in [0.25, 0.3) is 0 Å². The maximum absolute atomic E-state index is 11.7. The quantitative estimate of drug-likeness (QED) is 0.875. The summed E-state index contributed by atoms with van der Waals surface area (Å²) in [4.78, 5) is 13.2. The average Bonchev–Trinajstić information content (AvgIpc) is 2.96. The maximum atomic E-state index is 11.7. The SMILES string of the molecule is CN(C)C(=O)CNc1cc(Cl)ccc1OC[C@H]1CCOC1. The first-order chi connectivity index (χ1) is 10.1. The van der Waals surface area contributed by atoms with Gasteiger partial charge in [0.2, 0.25) is 5.91 Å². The lowest BCUT2D eigenvalue weighted by molar-refractivity contribution is -0.126. The molecular weight excluding hydrogens is 292 g/mol. The summed E-state index contributed by atoms with van der Waals surface area (Å²) in [6.07, 6.45) is 1.02. The van der Waals surface area contributed by atoms with Crippen LogP contribution >= 0.6 is 11.6 Å². The molecule has 1 aliphatic heterocycles. The van der Waals surface area contributed by atoms with E-state index in [4.69, 9.17) is 21.1 Å². The minimum absolute atomic E-state index is 0.00915. The second-order valence-electron chi connectivity index (χ2n) is 5.32. The van der Waals surface area contributed by atoms with E-state index in [1.807, 2.05) is 6.07 Å². The van der Waals surface area contributed by atoms with Crippen LogP contribution in [0.2, 0.25) is 5.02 Å².